The first-order chi connectivity index (χ1) is 8.34. The summed E-state index contributed by atoms with van der Waals surface area (Å²) in [6, 6.07) is 0. The smallest absolute Gasteiger partial charge is 0.278 e. The van der Waals surface area contributed by atoms with E-state index in [1.165, 1.54) is 6.33 Å². The summed E-state index contributed by atoms with van der Waals surface area (Å²) in [5.41, 5.74) is 2.11. The SMILES string of the molecule is O=C(Nc1ncn[nH]1)c1n[nH]c2c1COCC2. The number of amides is 1. The number of aromatic nitrogens is 5. The predicted octanol–water partition coefficient (Wildman–Crippen LogP) is -0.147. The van der Waals surface area contributed by atoms with Crippen LogP contribution in [0.3, 0.4) is 0 Å². The zero-order valence-electron chi connectivity index (χ0n) is 8.86. The average molecular weight is 234 g/mol. The predicted molar refractivity (Wildman–Crippen MR) is 56.3 cm³/mol. The third-order valence-electron chi connectivity index (χ3n) is 2.56. The molecule has 3 N–H and O–H groups in total. The number of H-pyrrole nitrogens is 2. The van der Waals surface area contributed by atoms with Crippen LogP contribution >= 0.6 is 0 Å². The van der Waals surface area contributed by atoms with Crippen molar-refractivity contribution in [3.05, 3.63) is 23.3 Å². The number of nitrogens with zero attached hydrogens (tertiary/aromatic N) is 3. The van der Waals surface area contributed by atoms with Crippen molar-refractivity contribution in [3.8, 4) is 0 Å². The molecule has 0 fully saturated rings. The van der Waals surface area contributed by atoms with E-state index < -0.39 is 0 Å². The number of anilines is 1. The number of aromatic amines is 2. The number of carbonyl (C=O) groups is 1. The van der Waals surface area contributed by atoms with Crippen molar-refractivity contribution >= 4 is 11.9 Å². The molecule has 0 radical (unpaired) electrons. The number of nitrogens with one attached hydrogen (secondary N) is 3. The summed E-state index contributed by atoms with van der Waals surface area (Å²) in [6.07, 6.45) is 2.07. The maximum absolute atomic E-state index is 11.9. The quantitative estimate of drug-likeness (QED) is 0.669. The fourth-order valence-corrected chi connectivity index (χ4v) is 1.73. The van der Waals surface area contributed by atoms with Crippen molar-refractivity contribution in [2.24, 2.45) is 0 Å². The second-order valence-electron chi connectivity index (χ2n) is 3.62. The monoisotopic (exact) mass is 234 g/mol. The van der Waals surface area contributed by atoms with Crippen LogP contribution in [0.4, 0.5) is 5.95 Å². The summed E-state index contributed by atoms with van der Waals surface area (Å²) in [6.45, 7) is 1.06. The van der Waals surface area contributed by atoms with Gasteiger partial charge in [-0.15, -0.1) is 0 Å². The van der Waals surface area contributed by atoms with Crippen LogP contribution in [0.1, 0.15) is 21.7 Å². The Balaban J connectivity index is 1.84. The molecular weight excluding hydrogens is 224 g/mol. The molecule has 1 amide bonds. The van der Waals surface area contributed by atoms with Crippen molar-refractivity contribution in [2.75, 3.05) is 11.9 Å². The maximum atomic E-state index is 11.9. The van der Waals surface area contributed by atoms with Gasteiger partial charge in [0.1, 0.15) is 6.33 Å². The van der Waals surface area contributed by atoms with Crippen LogP contribution in [0.5, 0.6) is 0 Å². The van der Waals surface area contributed by atoms with Gasteiger partial charge in [0.05, 0.1) is 13.2 Å². The number of hydrogen-bond donors (Lipinski definition) is 3. The van der Waals surface area contributed by atoms with Crippen LogP contribution in [0, 0.1) is 0 Å². The van der Waals surface area contributed by atoms with Gasteiger partial charge in [0.25, 0.3) is 5.91 Å². The van der Waals surface area contributed by atoms with Gasteiger partial charge in [-0.05, 0) is 0 Å². The Kier molecular flexibility index (Phi) is 2.33. The summed E-state index contributed by atoms with van der Waals surface area (Å²) in [5, 5.41) is 15.6. The second-order valence-corrected chi connectivity index (χ2v) is 3.62. The third-order valence-corrected chi connectivity index (χ3v) is 2.56. The number of rotatable bonds is 2. The van der Waals surface area contributed by atoms with Crippen molar-refractivity contribution < 1.29 is 9.53 Å². The molecule has 8 heteroatoms. The lowest BCUT2D eigenvalue weighted by Gasteiger charge is -2.11. The van der Waals surface area contributed by atoms with E-state index in [0.29, 0.717) is 24.9 Å². The molecule has 3 rings (SSSR count). The lowest BCUT2D eigenvalue weighted by molar-refractivity contribution is 0.0984. The first kappa shape index (κ1) is 9.97. The molecule has 0 saturated carbocycles. The topological polar surface area (TPSA) is 109 Å². The fourth-order valence-electron chi connectivity index (χ4n) is 1.73. The molecule has 0 saturated heterocycles. The highest BCUT2D eigenvalue weighted by Gasteiger charge is 2.22. The molecule has 2 aromatic heterocycles. The van der Waals surface area contributed by atoms with Gasteiger partial charge in [-0.2, -0.15) is 15.2 Å². The van der Waals surface area contributed by atoms with Crippen molar-refractivity contribution in [2.45, 2.75) is 13.0 Å². The minimum absolute atomic E-state index is 0.295. The Bertz CT molecular complexity index is 532. The molecule has 0 spiro atoms. The summed E-state index contributed by atoms with van der Waals surface area (Å²) < 4.78 is 5.30. The molecule has 0 unspecified atom stereocenters. The van der Waals surface area contributed by atoms with Gasteiger partial charge < -0.3 is 4.74 Å². The van der Waals surface area contributed by atoms with Crippen LogP contribution in [-0.4, -0.2) is 37.9 Å². The zero-order chi connectivity index (χ0) is 11.7. The lowest BCUT2D eigenvalue weighted by Crippen LogP contribution is -2.17. The van der Waals surface area contributed by atoms with E-state index in [4.69, 9.17) is 4.74 Å². The van der Waals surface area contributed by atoms with E-state index in [-0.39, 0.29) is 5.91 Å². The standard InChI is InChI=1S/C9H10N6O2/c16-8(12-9-10-4-11-15-9)7-5-3-17-2-1-6(5)13-14-7/h4H,1-3H2,(H,13,14)(H2,10,11,12,15,16). The molecule has 3 heterocycles. The summed E-state index contributed by atoms with van der Waals surface area (Å²) in [5.74, 6) is -0.0340. The van der Waals surface area contributed by atoms with E-state index in [1.54, 1.807) is 0 Å². The van der Waals surface area contributed by atoms with Crippen molar-refractivity contribution in [3.63, 3.8) is 0 Å². The third kappa shape index (κ3) is 1.78. The fraction of sp³-hybridized carbons (Fsp3) is 0.333. The number of hydrogen-bond acceptors (Lipinski definition) is 5. The Hall–Kier alpha value is -2.22. The molecule has 17 heavy (non-hydrogen) atoms. The average Bonchev–Trinajstić information content (AvgIpc) is 2.96. The first-order valence-corrected chi connectivity index (χ1v) is 5.15. The van der Waals surface area contributed by atoms with Crippen LogP contribution in [0.2, 0.25) is 0 Å². The Morgan fingerprint density at radius 3 is 3.24 bits per heavy atom. The van der Waals surface area contributed by atoms with Crippen LogP contribution < -0.4 is 5.32 Å². The normalized spacial score (nSPS) is 14.4. The van der Waals surface area contributed by atoms with Crippen LogP contribution in [-0.2, 0) is 17.8 Å². The Labute approximate surface area is 95.8 Å². The molecule has 1 aliphatic heterocycles. The van der Waals surface area contributed by atoms with E-state index >= 15 is 0 Å². The maximum Gasteiger partial charge on any atom is 0.278 e. The second kappa shape index (κ2) is 3.98. The van der Waals surface area contributed by atoms with Gasteiger partial charge >= 0.3 is 0 Å². The molecule has 0 atom stereocenters. The van der Waals surface area contributed by atoms with Gasteiger partial charge in [0, 0.05) is 17.7 Å². The summed E-state index contributed by atoms with van der Waals surface area (Å²) in [4.78, 5) is 15.7. The highest BCUT2D eigenvalue weighted by molar-refractivity contribution is 6.03. The van der Waals surface area contributed by atoms with Gasteiger partial charge in [-0.1, -0.05) is 0 Å². The number of ether oxygens (including phenoxy) is 1. The molecule has 88 valence electrons. The summed E-state index contributed by atoms with van der Waals surface area (Å²) in [7, 11) is 0. The molecule has 0 bridgehead atoms. The largest absolute Gasteiger partial charge is 0.376 e. The van der Waals surface area contributed by atoms with Crippen LogP contribution in [0.25, 0.3) is 0 Å². The molecule has 2 aromatic rings. The minimum Gasteiger partial charge on any atom is -0.376 e. The number of fused-ring (bicyclic) bond motifs is 1. The molecule has 8 nitrogen and oxygen atoms in total. The van der Waals surface area contributed by atoms with Crippen molar-refractivity contribution in [1.82, 2.24) is 25.4 Å². The highest BCUT2D eigenvalue weighted by atomic mass is 16.5. The van der Waals surface area contributed by atoms with E-state index in [2.05, 4.69) is 30.7 Å². The Morgan fingerprint density at radius 1 is 1.47 bits per heavy atom. The van der Waals surface area contributed by atoms with Gasteiger partial charge in [-0.3, -0.25) is 15.2 Å². The summed E-state index contributed by atoms with van der Waals surface area (Å²) >= 11 is 0. The van der Waals surface area contributed by atoms with Crippen LogP contribution in [0.15, 0.2) is 6.33 Å². The molecule has 0 aromatic carbocycles. The number of carbonyl (C=O) groups excluding carboxylic acids is 1. The Morgan fingerprint density at radius 2 is 2.41 bits per heavy atom. The van der Waals surface area contributed by atoms with Gasteiger partial charge in [0.2, 0.25) is 5.95 Å². The van der Waals surface area contributed by atoms with E-state index in [9.17, 15) is 4.79 Å². The van der Waals surface area contributed by atoms with Gasteiger partial charge in [-0.25, -0.2) is 5.10 Å². The first-order valence-electron chi connectivity index (χ1n) is 5.15. The highest BCUT2D eigenvalue weighted by Crippen LogP contribution is 2.18. The minimum atomic E-state index is -0.329. The van der Waals surface area contributed by atoms with Crippen molar-refractivity contribution in [1.29, 1.82) is 0 Å². The van der Waals surface area contributed by atoms with E-state index in [1.807, 2.05) is 0 Å². The molecular formula is C9H10N6O2. The molecule has 1 aliphatic rings. The molecule has 0 aliphatic carbocycles. The van der Waals surface area contributed by atoms with Gasteiger partial charge in [0.15, 0.2) is 5.69 Å². The van der Waals surface area contributed by atoms with E-state index in [0.717, 1.165) is 17.7 Å². The zero-order valence-corrected chi connectivity index (χ0v) is 8.86. The lowest BCUT2D eigenvalue weighted by atomic mass is 10.1.